The summed E-state index contributed by atoms with van der Waals surface area (Å²) in [4.78, 5) is 22.3. The SMILES string of the molecule is CCOP(=O)(Cc1cnc(CC(=O)[C@H](CC2CC=CC2)c2ccc(S(C)(=O)=O)cc2)cn1)OCC. The van der Waals surface area contributed by atoms with Gasteiger partial charge in [-0.3, -0.25) is 19.3 Å². The lowest BCUT2D eigenvalue weighted by atomic mass is 9.83. The molecular weight excluding hydrogens is 487 g/mol. The summed E-state index contributed by atoms with van der Waals surface area (Å²) in [6, 6.07) is 6.58. The number of aromatic nitrogens is 2. The number of carbonyl (C=O) groups excluding carboxylic acids is 1. The summed E-state index contributed by atoms with van der Waals surface area (Å²) >= 11 is 0. The molecule has 0 aliphatic heterocycles. The Morgan fingerprint density at radius 1 is 1.03 bits per heavy atom. The summed E-state index contributed by atoms with van der Waals surface area (Å²) in [5.74, 6) is 0.00439. The van der Waals surface area contributed by atoms with Crippen LogP contribution in [0.5, 0.6) is 0 Å². The molecule has 2 aromatic rings. The van der Waals surface area contributed by atoms with E-state index in [4.69, 9.17) is 9.05 Å². The Labute approximate surface area is 207 Å². The topological polar surface area (TPSA) is 113 Å². The smallest absolute Gasteiger partial charge is 0.309 e. The maximum absolute atomic E-state index is 13.4. The zero-order valence-corrected chi connectivity index (χ0v) is 22.1. The van der Waals surface area contributed by atoms with Gasteiger partial charge < -0.3 is 9.05 Å². The van der Waals surface area contributed by atoms with E-state index in [1.807, 2.05) is 0 Å². The van der Waals surface area contributed by atoms with Crippen LogP contribution in [0.1, 0.15) is 56.0 Å². The summed E-state index contributed by atoms with van der Waals surface area (Å²) in [7, 11) is -6.60. The summed E-state index contributed by atoms with van der Waals surface area (Å²) in [6.45, 7) is 4.03. The summed E-state index contributed by atoms with van der Waals surface area (Å²) in [5, 5.41) is 0. The fourth-order valence-corrected chi connectivity index (χ4v) is 6.41. The van der Waals surface area contributed by atoms with Crippen LogP contribution in [0.2, 0.25) is 0 Å². The fraction of sp³-hybridized carbons (Fsp3) is 0.480. The average Bonchev–Trinajstić information content (AvgIpc) is 3.32. The third-order valence-electron chi connectivity index (χ3n) is 5.90. The Kier molecular flexibility index (Phi) is 9.53. The average molecular weight is 521 g/mol. The molecule has 0 unspecified atom stereocenters. The van der Waals surface area contributed by atoms with Gasteiger partial charge in [-0.15, -0.1) is 0 Å². The maximum Gasteiger partial charge on any atom is 0.336 e. The molecule has 1 aliphatic carbocycles. The molecule has 1 aromatic carbocycles. The van der Waals surface area contributed by atoms with Crippen LogP contribution < -0.4 is 0 Å². The molecule has 0 saturated carbocycles. The molecular formula is C25H33N2O6PS. The van der Waals surface area contributed by atoms with Crippen molar-refractivity contribution < 1.29 is 26.8 Å². The lowest BCUT2D eigenvalue weighted by molar-refractivity contribution is -0.120. The number of carbonyl (C=O) groups is 1. The van der Waals surface area contributed by atoms with Gasteiger partial charge in [0.1, 0.15) is 5.78 Å². The van der Waals surface area contributed by atoms with Gasteiger partial charge in [0, 0.05) is 24.6 Å². The zero-order chi connectivity index (χ0) is 25.5. The predicted octanol–water partition coefficient (Wildman–Crippen LogP) is 4.90. The van der Waals surface area contributed by atoms with Gasteiger partial charge in [0.25, 0.3) is 0 Å². The van der Waals surface area contributed by atoms with E-state index < -0.39 is 17.4 Å². The number of nitrogens with zero attached hydrogens (tertiary/aromatic N) is 2. The molecule has 1 atom stereocenters. The first kappa shape index (κ1) is 27.4. The first-order chi connectivity index (χ1) is 16.6. The van der Waals surface area contributed by atoms with E-state index in [9.17, 15) is 17.8 Å². The Balaban J connectivity index is 1.75. The van der Waals surface area contributed by atoms with E-state index in [-0.39, 0.29) is 42.4 Å². The fourth-order valence-electron chi connectivity index (χ4n) is 4.18. The van der Waals surface area contributed by atoms with Crippen LogP contribution in [0, 0.1) is 5.92 Å². The number of allylic oxidation sites excluding steroid dienone is 2. The van der Waals surface area contributed by atoms with Crippen molar-refractivity contribution in [3.05, 3.63) is 65.8 Å². The Morgan fingerprint density at radius 3 is 2.11 bits per heavy atom. The molecule has 0 radical (unpaired) electrons. The summed E-state index contributed by atoms with van der Waals surface area (Å²) in [6.07, 6.45) is 11.1. The number of rotatable bonds is 13. The van der Waals surface area contributed by atoms with Gasteiger partial charge in [-0.05, 0) is 56.7 Å². The van der Waals surface area contributed by atoms with E-state index in [0.717, 1.165) is 18.4 Å². The summed E-state index contributed by atoms with van der Waals surface area (Å²) < 4.78 is 47.0. The quantitative estimate of drug-likeness (QED) is 0.271. The molecule has 190 valence electrons. The molecule has 0 spiro atoms. The van der Waals surface area contributed by atoms with Gasteiger partial charge in [-0.2, -0.15) is 0 Å². The van der Waals surface area contributed by atoms with Gasteiger partial charge in [0.05, 0.1) is 42.1 Å². The highest BCUT2D eigenvalue weighted by Crippen LogP contribution is 2.50. The molecule has 35 heavy (non-hydrogen) atoms. The van der Waals surface area contributed by atoms with Crippen molar-refractivity contribution in [2.24, 2.45) is 5.92 Å². The van der Waals surface area contributed by atoms with Crippen molar-refractivity contribution in [2.75, 3.05) is 19.5 Å². The van der Waals surface area contributed by atoms with Gasteiger partial charge in [-0.25, -0.2) is 8.42 Å². The minimum absolute atomic E-state index is 0.000333. The van der Waals surface area contributed by atoms with Gasteiger partial charge in [0.15, 0.2) is 9.84 Å². The van der Waals surface area contributed by atoms with Crippen LogP contribution in [0.3, 0.4) is 0 Å². The molecule has 8 nitrogen and oxygen atoms in total. The second kappa shape index (κ2) is 12.2. The standard InChI is InChI=1S/C25H33N2O6PS/c1-4-32-34(29,33-5-2)18-22-17-26-21(16-27-22)15-25(28)24(14-19-8-6-7-9-19)20-10-12-23(13-11-20)35(3,30)31/h6-7,10-13,16-17,19,24H,4-5,8-9,14-15,18H2,1-3H3/t24-/m1/s1. The van der Waals surface area contributed by atoms with E-state index >= 15 is 0 Å². The second-order valence-electron chi connectivity index (χ2n) is 8.69. The van der Waals surface area contributed by atoms with E-state index in [0.29, 0.717) is 23.7 Å². The number of ketones is 1. The molecule has 0 saturated heterocycles. The highest BCUT2D eigenvalue weighted by molar-refractivity contribution is 7.90. The second-order valence-corrected chi connectivity index (χ2v) is 12.8. The Hall–Kier alpha value is -2.19. The van der Waals surface area contributed by atoms with Crippen molar-refractivity contribution in [1.29, 1.82) is 0 Å². The molecule has 3 rings (SSSR count). The van der Waals surface area contributed by atoms with Crippen LogP contribution in [-0.4, -0.2) is 43.6 Å². The molecule has 1 heterocycles. The van der Waals surface area contributed by atoms with Gasteiger partial charge in [0.2, 0.25) is 0 Å². The van der Waals surface area contributed by atoms with Gasteiger partial charge in [-0.1, -0.05) is 24.3 Å². The number of Topliss-reactive ketones (excluding diaryl/α,β-unsaturated/α-hetero) is 1. The largest absolute Gasteiger partial charge is 0.336 e. The summed E-state index contributed by atoms with van der Waals surface area (Å²) in [5.41, 5.74) is 1.79. The predicted molar refractivity (Wildman–Crippen MR) is 134 cm³/mol. The van der Waals surface area contributed by atoms with E-state index in [1.165, 1.54) is 18.6 Å². The maximum atomic E-state index is 13.4. The van der Waals surface area contributed by atoms with Crippen LogP contribution in [0.4, 0.5) is 0 Å². The lowest BCUT2D eigenvalue weighted by Crippen LogP contribution is -2.19. The van der Waals surface area contributed by atoms with E-state index in [2.05, 4.69) is 22.1 Å². The highest BCUT2D eigenvalue weighted by Gasteiger charge is 2.27. The molecule has 0 N–H and O–H groups in total. The number of hydrogen-bond donors (Lipinski definition) is 0. The van der Waals surface area contributed by atoms with E-state index in [1.54, 1.807) is 38.1 Å². The zero-order valence-electron chi connectivity index (χ0n) is 20.4. The first-order valence-corrected chi connectivity index (χ1v) is 15.4. The van der Waals surface area contributed by atoms with Crippen molar-refractivity contribution in [1.82, 2.24) is 9.97 Å². The number of sulfone groups is 1. The highest BCUT2D eigenvalue weighted by atomic mass is 32.2. The molecule has 0 fully saturated rings. The van der Waals surface area contributed by atoms with Crippen molar-refractivity contribution >= 4 is 23.2 Å². The minimum atomic E-state index is -3.31. The Morgan fingerprint density at radius 2 is 1.60 bits per heavy atom. The lowest BCUT2D eigenvalue weighted by Gasteiger charge is -2.20. The minimum Gasteiger partial charge on any atom is -0.309 e. The normalized spacial score (nSPS) is 15.4. The molecule has 1 aliphatic rings. The monoisotopic (exact) mass is 520 g/mol. The van der Waals surface area contributed by atoms with Crippen molar-refractivity contribution in [3.8, 4) is 0 Å². The van der Waals surface area contributed by atoms with Crippen molar-refractivity contribution in [3.63, 3.8) is 0 Å². The molecule has 0 amide bonds. The van der Waals surface area contributed by atoms with Gasteiger partial charge >= 0.3 is 7.60 Å². The Bertz CT molecular complexity index is 1160. The third-order valence-corrected chi connectivity index (χ3v) is 9.04. The van der Waals surface area contributed by atoms with Crippen LogP contribution >= 0.6 is 7.60 Å². The number of benzene rings is 1. The van der Waals surface area contributed by atoms with Crippen LogP contribution in [0.25, 0.3) is 0 Å². The number of hydrogen-bond acceptors (Lipinski definition) is 8. The molecule has 1 aromatic heterocycles. The van der Waals surface area contributed by atoms with Crippen molar-refractivity contribution in [2.45, 2.75) is 56.5 Å². The molecule has 10 heteroatoms. The third kappa shape index (κ3) is 7.90. The van der Waals surface area contributed by atoms with Crippen LogP contribution in [0.15, 0.2) is 53.7 Å². The van der Waals surface area contributed by atoms with Crippen LogP contribution in [-0.2, 0) is 40.8 Å². The first-order valence-electron chi connectivity index (χ1n) is 11.8. The molecule has 0 bridgehead atoms.